The largest absolute Gasteiger partial charge is 0.356 e. The number of hydrogen-bond donors (Lipinski definition) is 2. The molecule has 0 spiro atoms. The number of aliphatic imine (C=N–C) groups is 1. The Kier molecular flexibility index (Phi) is 7.65. The van der Waals surface area contributed by atoms with E-state index in [1.807, 2.05) is 6.07 Å². The van der Waals surface area contributed by atoms with E-state index in [1.165, 1.54) is 6.07 Å². The first kappa shape index (κ1) is 16.4. The molecule has 5 heteroatoms. The van der Waals surface area contributed by atoms with Crippen LogP contribution in [0.3, 0.4) is 0 Å². The van der Waals surface area contributed by atoms with Gasteiger partial charge in [0.15, 0.2) is 5.96 Å². The van der Waals surface area contributed by atoms with Crippen LogP contribution in [0.5, 0.6) is 0 Å². The normalized spacial score (nSPS) is 11.8. The van der Waals surface area contributed by atoms with E-state index in [1.54, 1.807) is 19.2 Å². The zero-order valence-corrected chi connectivity index (χ0v) is 12.6. The van der Waals surface area contributed by atoms with Gasteiger partial charge < -0.3 is 15.5 Å². The summed E-state index contributed by atoms with van der Waals surface area (Å²) in [6.07, 6.45) is 0.771. The third kappa shape index (κ3) is 6.52. The molecule has 0 saturated heterocycles. The molecule has 0 unspecified atom stereocenters. The number of guanidine groups is 1. The van der Waals surface area contributed by atoms with Crippen LogP contribution in [0.2, 0.25) is 0 Å². The molecule has 0 amide bonds. The Hall–Kier alpha value is -1.62. The van der Waals surface area contributed by atoms with Crippen LogP contribution in [0.4, 0.5) is 4.39 Å². The number of nitrogens with zero attached hydrogens (tertiary/aromatic N) is 2. The molecule has 0 aromatic heterocycles. The first-order chi connectivity index (χ1) is 9.65. The molecule has 20 heavy (non-hydrogen) atoms. The van der Waals surface area contributed by atoms with Gasteiger partial charge in [-0.1, -0.05) is 19.1 Å². The summed E-state index contributed by atoms with van der Waals surface area (Å²) in [6.45, 7) is 5.72. The maximum Gasteiger partial charge on any atom is 0.191 e. The molecule has 112 valence electrons. The highest BCUT2D eigenvalue weighted by Gasteiger charge is 1.99. The molecule has 2 N–H and O–H groups in total. The molecule has 0 atom stereocenters. The molecule has 0 aliphatic rings. The van der Waals surface area contributed by atoms with Crippen molar-refractivity contribution in [3.8, 4) is 0 Å². The van der Waals surface area contributed by atoms with E-state index in [0.29, 0.717) is 0 Å². The quantitative estimate of drug-likeness (QED) is 0.587. The van der Waals surface area contributed by atoms with E-state index in [-0.39, 0.29) is 5.82 Å². The van der Waals surface area contributed by atoms with Gasteiger partial charge in [0, 0.05) is 26.7 Å². The summed E-state index contributed by atoms with van der Waals surface area (Å²) in [5, 5.41) is 6.48. The van der Waals surface area contributed by atoms with E-state index in [2.05, 4.69) is 34.5 Å². The number of rotatable bonds is 7. The summed E-state index contributed by atoms with van der Waals surface area (Å²) in [5.74, 6) is 0.596. The Labute approximate surface area is 121 Å². The summed E-state index contributed by atoms with van der Waals surface area (Å²) < 4.78 is 13.0. The first-order valence-corrected chi connectivity index (χ1v) is 7.03. The monoisotopic (exact) mass is 280 g/mol. The van der Waals surface area contributed by atoms with Gasteiger partial charge in [0.2, 0.25) is 0 Å². The molecule has 1 aromatic rings. The second-order valence-electron chi connectivity index (χ2n) is 4.70. The van der Waals surface area contributed by atoms with Crippen LogP contribution in [-0.2, 0) is 6.42 Å². The summed E-state index contributed by atoms with van der Waals surface area (Å²) in [4.78, 5) is 6.39. The van der Waals surface area contributed by atoms with E-state index < -0.39 is 0 Å². The number of benzene rings is 1. The highest BCUT2D eigenvalue weighted by atomic mass is 19.1. The summed E-state index contributed by atoms with van der Waals surface area (Å²) in [5.41, 5.74) is 0.985. The summed E-state index contributed by atoms with van der Waals surface area (Å²) in [6, 6.07) is 6.69. The van der Waals surface area contributed by atoms with Gasteiger partial charge in [0.1, 0.15) is 5.82 Å². The lowest BCUT2D eigenvalue weighted by atomic mass is 10.1. The molecule has 0 saturated carbocycles. The van der Waals surface area contributed by atoms with Crippen LogP contribution < -0.4 is 10.6 Å². The highest BCUT2D eigenvalue weighted by Crippen LogP contribution is 2.03. The topological polar surface area (TPSA) is 39.7 Å². The van der Waals surface area contributed by atoms with Crippen molar-refractivity contribution >= 4 is 5.96 Å². The molecule has 0 fully saturated rings. The average molecular weight is 280 g/mol. The molecule has 0 aliphatic carbocycles. The smallest absolute Gasteiger partial charge is 0.191 e. The maximum atomic E-state index is 13.0. The molecule has 0 radical (unpaired) electrons. The van der Waals surface area contributed by atoms with Crippen molar-refractivity contribution in [2.45, 2.75) is 13.3 Å². The van der Waals surface area contributed by atoms with Gasteiger partial charge in [-0.05, 0) is 37.7 Å². The molecule has 0 aliphatic heterocycles. The van der Waals surface area contributed by atoms with Crippen LogP contribution in [0.1, 0.15) is 12.5 Å². The van der Waals surface area contributed by atoms with Gasteiger partial charge in [0.05, 0.1) is 0 Å². The number of likely N-dealkylation sites (N-methyl/N-ethyl adjacent to an activating group) is 1. The molecular weight excluding hydrogens is 255 g/mol. The summed E-state index contributed by atoms with van der Waals surface area (Å²) in [7, 11) is 3.84. The Morgan fingerprint density at radius 2 is 2.05 bits per heavy atom. The minimum atomic E-state index is -0.187. The van der Waals surface area contributed by atoms with Crippen molar-refractivity contribution in [3.05, 3.63) is 35.6 Å². The Balaban J connectivity index is 2.25. The maximum absolute atomic E-state index is 13.0. The van der Waals surface area contributed by atoms with Crippen LogP contribution in [0.25, 0.3) is 0 Å². The van der Waals surface area contributed by atoms with Crippen LogP contribution >= 0.6 is 0 Å². The van der Waals surface area contributed by atoms with E-state index in [9.17, 15) is 4.39 Å². The molecular formula is C15H25FN4. The van der Waals surface area contributed by atoms with E-state index in [0.717, 1.165) is 44.1 Å². The van der Waals surface area contributed by atoms with Gasteiger partial charge in [-0.2, -0.15) is 0 Å². The van der Waals surface area contributed by atoms with Gasteiger partial charge in [-0.25, -0.2) is 4.39 Å². The Bertz CT molecular complexity index is 420. The number of halogens is 1. The van der Waals surface area contributed by atoms with Gasteiger partial charge in [-0.15, -0.1) is 0 Å². The fourth-order valence-electron chi connectivity index (χ4n) is 1.76. The Morgan fingerprint density at radius 1 is 1.30 bits per heavy atom. The lowest BCUT2D eigenvalue weighted by molar-refractivity contribution is 0.357. The second kappa shape index (κ2) is 9.31. The minimum Gasteiger partial charge on any atom is -0.356 e. The van der Waals surface area contributed by atoms with Gasteiger partial charge in [0.25, 0.3) is 0 Å². The van der Waals surface area contributed by atoms with E-state index >= 15 is 0 Å². The van der Waals surface area contributed by atoms with Crippen molar-refractivity contribution in [2.75, 3.05) is 40.3 Å². The van der Waals surface area contributed by atoms with Crippen molar-refractivity contribution in [2.24, 2.45) is 4.99 Å². The molecule has 0 heterocycles. The number of hydrogen-bond acceptors (Lipinski definition) is 2. The van der Waals surface area contributed by atoms with Crippen molar-refractivity contribution in [1.29, 1.82) is 0 Å². The molecule has 4 nitrogen and oxygen atoms in total. The fourth-order valence-corrected chi connectivity index (χ4v) is 1.76. The average Bonchev–Trinajstić information content (AvgIpc) is 2.45. The lowest BCUT2D eigenvalue weighted by Gasteiger charge is -2.16. The van der Waals surface area contributed by atoms with Crippen molar-refractivity contribution in [3.63, 3.8) is 0 Å². The standard InChI is InChI=1S/C15H25FN4/c1-4-20(3)11-10-19-15(17-2)18-9-8-13-6-5-7-14(16)12-13/h5-7,12H,4,8-11H2,1-3H3,(H2,17,18,19). The van der Waals surface area contributed by atoms with Gasteiger partial charge >= 0.3 is 0 Å². The predicted molar refractivity (Wildman–Crippen MR) is 82.6 cm³/mol. The molecule has 0 bridgehead atoms. The zero-order valence-electron chi connectivity index (χ0n) is 12.6. The second-order valence-corrected chi connectivity index (χ2v) is 4.70. The predicted octanol–water partition coefficient (Wildman–Crippen LogP) is 1.48. The number of nitrogens with one attached hydrogen (secondary N) is 2. The third-order valence-corrected chi connectivity index (χ3v) is 3.14. The van der Waals surface area contributed by atoms with Crippen LogP contribution in [0.15, 0.2) is 29.3 Å². The molecule has 1 aromatic carbocycles. The van der Waals surface area contributed by atoms with Gasteiger partial charge in [-0.3, -0.25) is 4.99 Å². The van der Waals surface area contributed by atoms with E-state index in [4.69, 9.17) is 0 Å². The fraction of sp³-hybridized carbons (Fsp3) is 0.533. The molecule has 1 rings (SSSR count). The third-order valence-electron chi connectivity index (χ3n) is 3.14. The minimum absolute atomic E-state index is 0.187. The van der Waals surface area contributed by atoms with Crippen molar-refractivity contribution < 1.29 is 4.39 Å². The summed E-state index contributed by atoms with van der Waals surface area (Å²) >= 11 is 0. The van der Waals surface area contributed by atoms with Crippen molar-refractivity contribution in [1.82, 2.24) is 15.5 Å². The Morgan fingerprint density at radius 3 is 2.70 bits per heavy atom. The first-order valence-electron chi connectivity index (χ1n) is 7.03. The highest BCUT2D eigenvalue weighted by molar-refractivity contribution is 5.79. The lowest BCUT2D eigenvalue weighted by Crippen LogP contribution is -2.41. The van der Waals surface area contributed by atoms with Crippen LogP contribution in [-0.4, -0.2) is 51.1 Å². The SMILES string of the molecule is CCN(C)CCNC(=NC)NCCc1cccc(F)c1. The zero-order chi connectivity index (χ0) is 14.8. The van der Waals surface area contributed by atoms with Crippen LogP contribution in [0, 0.1) is 5.82 Å².